The van der Waals surface area contributed by atoms with E-state index in [0.717, 1.165) is 19.4 Å². The highest BCUT2D eigenvalue weighted by molar-refractivity contribution is 9.10. The average molecular weight is 286 g/mol. The van der Waals surface area contributed by atoms with Gasteiger partial charge in [0, 0.05) is 12.6 Å². The molecule has 1 aliphatic rings. The first-order chi connectivity index (χ1) is 7.58. The van der Waals surface area contributed by atoms with Crippen molar-refractivity contribution in [3.63, 3.8) is 0 Å². The first kappa shape index (κ1) is 11.1. The third-order valence-corrected chi connectivity index (χ3v) is 2.95. The Hall–Kier alpha value is -1.37. The van der Waals surface area contributed by atoms with Crippen LogP contribution in [0.2, 0.25) is 0 Å². The molecule has 1 saturated heterocycles. The number of aromatic nitrogens is 2. The summed E-state index contributed by atoms with van der Waals surface area (Å²) in [5.74, 6) is 0.472. The van der Waals surface area contributed by atoms with Gasteiger partial charge in [0.25, 0.3) is 0 Å². The van der Waals surface area contributed by atoms with Crippen LogP contribution in [-0.4, -0.2) is 28.5 Å². The van der Waals surface area contributed by atoms with E-state index in [0.29, 0.717) is 16.4 Å². The fraction of sp³-hybridized carbons (Fsp3) is 0.444. The summed E-state index contributed by atoms with van der Waals surface area (Å²) in [6.45, 7) is 0.726. The molecule has 0 radical (unpaired) electrons. The maximum Gasteiger partial charge on any atom is 0.240 e. The lowest BCUT2D eigenvalue weighted by molar-refractivity contribution is -0.119. The van der Waals surface area contributed by atoms with Crippen LogP contribution < -0.4 is 16.4 Å². The van der Waals surface area contributed by atoms with Gasteiger partial charge in [-0.05, 0) is 28.8 Å². The Bertz CT molecular complexity index is 404. The van der Waals surface area contributed by atoms with E-state index < -0.39 is 0 Å². The van der Waals surface area contributed by atoms with Gasteiger partial charge in [-0.1, -0.05) is 0 Å². The molecule has 86 valence electrons. The molecular weight excluding hydrogens is 274 g/mol. The molecule has 0 spiro atoms. The maximum atomic E-state index is 11.2. The van der Waals surface area contributed by atoms with E-state index in [4.69, 9.17) is 11.5 Å². The summed E-state index contributed by atoms with van der Waals surface area (Å²) in [6, 6.07) is 1.28. The summed E-state index contributed by atoms with van der Waals surface area (Å²) >= 11 is 3.24. The average Bonchev–Trinajstić information content (AvgIpc) is 2.63. The van der Waals surface area contributed by atoms with Crippen LogP contribution in [0.5, 0.6) is 0 Å². The number of anilines is 2. The van der Waals surface area contributed by atoms with Gasteiger partial charge < -0.3 is 16.4 Å². The number of hydrogen-bond acceptors (Lipinski definition) is 5. The van der Waals surface area contributed by atoms with Gasteiger partial charge in [0.1, 0.15) is 16.5 Å². The van der Waals surface area contributed by atoms with E-state index in [1.54, 1.807) is 11.0 Å². The highest BCUT2D eigenvalue weighted by Crippen LogP contribution is 2.24. The lowest BCUT2D eigenvalue weighted by Crippen LogP contribution is -2.41. The summed E-state index contributed by atoms with van der Waals surface area (Å²) in [5.41, 5.74) is 10.9. The molecule has 0 aromatic carbocycles. The van der Waals surface area contributed by atoms with Crippen molar-refractivity contribution in [1.82, 2.24) is 9.97 Å². The number of hydrogen-bond donors (Lipinski definition) is 2. The molecule has 6 nitrogen and oxygen atoms in total. The summed E-state index contributed by atoms with van der Waals surface area (Å²) in [6.07, 6.45) is 1.65. The first-order valence-corrected chi connectivity index (χ1v) is 5.73. The van der Waals surface area contributed by atoms with Gasteiger partial charge in [-0.15, -0.1) is 0 Å². The van der Waals surface area contributed by atoms with Crippen molar-refractivity contribution in [3.8, 4) is 0 Å². The molecule has 1 aliphatic heterocycles. The van der Waals surface area contributed by atoms with E-state index in [1.807, 2.05) is 0 Å². The molecule has 16 heavy (non-hydrogen) atoms. The Labute approximate surface area is 101 Å². The lowest BCUT2D eigenvalue weighted by Gasteiger charge is -2.22. The molecule has 2 rings (SSSR count). The fourth-order valence-electron chi connectivity index (χ4n) is 1.85. The third-order valence-electron chi connectivity index (χ3n) is 2.54. The van der Waals surface area contributed by atoms with Crippen molar-refractivity contribution in [2.75, 3.05) is 17.2 Å². The second-order valence-corrected chi connectivity index (χ2v) is 4.48. The second kappa shape index (κ2) is 4.25. The minimum atomic E-state index is -0.348. The number of amides is 1. The number of carbonyl (C=O) groups is 1. The standard InChI is InChI=1S/C9H12BrN5O/c10-6-4-7(11)14-9(13-6)15-3-1-2-5(15)8(12)16/h4-5H,1-3H2,(H2,12,16)(H2,11,13,14). The second-order valence-electron chi connectivity index (χ2n) is 3.67. The molecule has 7 heteroatoms. The van der Waals surface area contributed by atoms with Gasteiger partial charge in [0.15, 0.2) is 0 Å². The SMILES string of the molecule is NC(=O)C1CCCN1c1nc(N)cc(Br)n1. The van der Waals surface area contributed by atoms with Gasteiger partial charge in [-0.2, -0.15) is 4.98 Å². The minimum Gasteiger partial charge on any atom is -0.383 e. The number of nitrogens with zero attached hydrogens (tertiary/aromatic N) is 3. The minimum absolute atomic E-state index is 0.325. The molecule has 0 aliphatic carbocycles. The normalized spacial score (nSPS) is 20.1. The maximum absolute atomic E-state index is 11.2. The number of halogens is 1. The van der Waals surface area contributed by atoms with E-state index in [1.165, 1.54) is 0 Å². The van der Waals surface area contributed by atoms with Crippen molar-refractivity contribution < 1.29 is 4.79 Å². The van der Waals surface area contributed by atoms with Crippen LogP contribution in [0.1, 0.15) is 12.8 Å². The van der Waals surface area contributed by atoms with Crippen LogP contribution >= 0.6 is 15.9 Å². The number of rotatable bonds is 2. The van der Waals surface area contributed by atoms with E-state index >= 15 is 0 Å². The molecule has 1 unspecified atom stereocenters. The van der Waals surface area contributed by atoms with Gasteiger partial charge in [0.05, 0.1) is 0 Å². The Morgan fingerprint density at radius 2 is 2.31 bits per heavy atom. The molecule has 1 atom stereocenters. The Morgan fingerprint density at radius 1 is 1.56 bits per heavy atom. The predicted octanol–water partition coefficient (Wildman–Crippen LogP) is 0.275. The fourth-order valence-corrected chi connectivity index (χ4v) is 2.25. The van der Waals surface area contributed by atoms with Gasteiger partial charge in [-0.25, -0.2) is 4.98 Å². The summed E-state index contributed by atoms with van der Waals surface area (Å²) in [5, 5.41) is 0. The van der Waals surface area contributed by atoms with E-state index in [-0.39, 0.29) is 11.9 Å². The largest absolute Gasteiger partial charge is 0.383 e. The smallest absolute Gasteiger partial charge is 0.240 e. The van der Waals surface area contributed by atoms with Crippen LogP contribution in [0.15, 0.2) is 10.7 Å². The Balaban J connectivity index is 2.32. The molecule has 0 saturated carbocycles. The number of carbonyl (C=O) groups excluding carboxylic acids is 1. The van der Waals surface area contributed by atoms with Crippen LogP contribution in [0.25, 0.3) is 0 Å². The predicted molar refractivity (Wildman–Crippen MR) is 63.7 cm³/mol. The molecule has 1 aromatic rings. The Morgan fingerprint density at radius 3 is 2.94 bits per heavy atom. The topological polar surface area (TPSA) is 98.1 Å². The molecule has 1 fully saturated rings. The Kier molecular flexibility index (Phi) is 2.95. The van der Waals surface area contributed by atoms with Crippen molar-refractivity contribution in [2.24, 2.45) is 5.73 Å². The van der Waals surface area contributed by atoms with E-state index in [9.17, 15) is 4.79 Å². The molecule has 2 heterocycles. The van der Waals surface area contributed by atoms with Crippen molar-refractivity contribution in [1.29, 1.82) is 0 Å². The molecule has 1 aromatic heterocycles. The third kappa shape index (κ3) is 2.08. The summed E-state index contributed by atoms with van der Waals surface area (Å²) < 4.78 is 0.602. The van der Waals surface area contributed by atoms with Crippen LogP contribution in [-0.2, 0) is 4.79 Å². The first-order valence-electron chi connectivity index (χ1n) is 4.94. The highest BCUT2D eigenvalue weighted by atomic mass is 79.9. The molecule has 4 N–H and O–H groups in total. The van der Waals surface area contributed by atoms with Crippen molar-refractivity contribution in [3.05, 3.63) is 10.7 Å². The molecule has 1 amide bonds. The quantitative estimate of drug-likeness (QED) is 0.761. The molecule has 0 bridgehead atoms. The van der Waals surface area contributed by atoms with Gasteiger partial charge in [0.2, 0.25) is 11.9 Å². The monoisotopic (exact) mass is 285 g/mol. The van der Waals surface area contributed by atoms with E-state index in [2.05, 4.69) is 25.9 Å². The summed E-state index contributed by atoms with van der Waals surface area (Å²) in [4.78, 5) is 21.3. The number of nitrogen functional groups attached to an aromatic ring is 1. The zero-order chi connectivity index (χ0) is 11.7. The van der Waals surface area contributed by atoms with Crippen LogP contribution in [0.4, 0.5) is 11.8 Å². The van der Waals surface area contributed by atoms with Crippen LogP contribution in [0.3, 0.4) is 0 Å². The molecular formula is C9H12BrN5O. The lowest BCUT2D eigenvalue weighted by atomic mass is 10.2. The van der Waals surface area contributed by atoms with Crippen molar-refractivity contribution in [2.45, 2.75) is 18.9 Å². The van der Waals surface area contributed by atoms with Crippen LogP contribution in [0, 0.1) is 0 Å². The number of primary amides is 1. The van der Waals surface area contributed by atoms with Gasteiger partial charge >= 0.3 is 0 Å². The van der Waals surface area contributed by atoms with Crippen molar-refractivity contribution >= 4 is 33.6 Å². The zero-order valence-electron chi connectivity index (χ0n) is 8.56. The summed E-state index contributed by atoms with van der Waals surface area (Å²) in [7, 11) is 0. The highest BCUT2D eigenvalue weighted by Gasteiger charge is 2.31. The zero-order valence-corrected chi connectivity index (χ0v) is 10.1. The van der Waals surface area contributed by atoms with Gasteiger partial charge in [-0.3, -0.25) is 4.79 Å². The number of nitrogens with two attached hydrogens (primary N) is 2.